The summed E-state index contributed by atoms with van der Waals surface area (Å²) in [6.45, 7) is 4.67. The average molecular weight is 381 g/mol. The van der Waals surface area contributed by atoms with Crippen molar-refractivity contribution in [1.29, 1.82) is 0 Å². The Kier molecular flexibility index (Phi) is 5.01. The van der Waals surface area contributed by atoms with Crippen LogP contribution in [0.25, 0.3) is 0 Å². The summed E-state index contributed by atoms with van der Waals surface area (Å²) < 4.78 is 5.26. The molecule has 28 heavy (non-hydrogen) atoms. The first-order valence-electron chi connectivity index (χ1n) is 9.47. The Morgan fingerprint density at radius 3 is 3.07 bits per heavy atom. The van der Waals surface area contributed by atoms with Crippen LogP contribution in [0.5, 0.6) is 5.75 Å². The van der Waals surface area contributed by atoms with Gasteiger partial charge in [-0.25, -0.2) is 9.78 Å². The van der Waals surface area contributed by atoms with Crippen LogP contribution in [0.1, 0.15) is 24.5 Å². The van der Waals surface area contributed by atoms with Gasteiger partial charge in [-0.15, -0.1) is 0 Å². The molecule has 0 atom stereocenters. The molecule has 146 valence electrons. The number of carbonyl (C=O) groups excluding carboxylic acids is 2. The zero-order chi connectivity index (χ0) is 19.5. The van der Waals surface area contributed by atoms with Gasteiger partial charge in [-0.1, -0.05) is 12.1 Å². The lowest BCUT2D eigenvalue weighted by Crippen LogP contribution is -2.30. The predicted octanol–water partition coefficient (Wildman–Crippen LogP) is 2.51. The molecule has 0 saturated carbocycles. The lowest BCUT2D eigenvalue weighted by Gasteiger charge is -2.30. The van der Waals surface area contributed by atoms with Gasteiger partial charge in [0.15, 0.2) is 18.2 Å². The molecule has 2 aromatic rings. The number of rotatable bonds is 4. The number of urea groups is 1. The first-order chi connectivity index (χ1) is 13.6. The van der Waals surface area contributed by atoms with E-state index in [0.717, 1.165) is 31.5 Å². The molecule has 0 unspecified atom stereocenters. The van der Waals surface area contributed by atoms with Crippen LogP contribution in [-0.4, -0.2) is 36.6 Å². The molecule has 3 amide bonds. The number of hydrogen-bond acceptors (Lipinski definition) is 5. The highest BCUT2D eigenvalue weighted by Crippen LogP contribution is 2.28. The fraction of sp³-hybridized carbons (Fsp3) is 0.350. The monoisotopic (exact) mass is 381 g/mol. The summed E-state index contributed by atoms with van der Waals surface area (Å²) >= 11 is 0. The summed E-state index contributed by atoms with van der Waals surface area (Å²) in [5.41, 5.74) is 3.69. The van der Waals surface area contributed by atoms with E-state index in [-0.39, 0.29) is 18.5 Å². The fourth-order valence-corrected chi connectivity index (χ4v) is 3.54. The van der Waals surface area contributed by atoms with E-state index in [9.17, 15) is 9.59 Å². The highest BCUT2D eigenvalue weighted by molar-refractivity contribution is 5.95. The number of carbonyl (C=O) groups is 2. The Morgan fingerprint density at radius 2 is 2.21 bits per heavy atom. The minimum Gasteiger partial charge on any atom is -0.480 e. The van der Waals surface area contributed by atoms with Crippen molar-refractivity contribution in [2.75, 3.05) is 35.2 Å². The zero-order valence-corrected chi connectivity index (χ0v) is 15.7. The molecule has 0 saturated heterocycles. The van der Waals surface area contributed by atoms with E-state index in [0.29, 0.717) is 23.9 Å². The topological polar surface area (TPSA) is 95.6 Å². The van der Waals surface area contributed by atoms with Crippen molar-refractivity contribution < 1.29 is 14.3 Å². The molecule has 2 aliphatic rings. The van der Waals surface area contributed by atoms with Gasteiger partial charge in [0.05, 0.1) is 0 Å². The Morgan fingerprint density at radius 1 is 1.32 bits per heavy atom. The van der Waals surface area contributed by atoms with Crippen molar-refractivity contribution in [2.45, 2.75) is 26.3 Å². The molecule has 4 rings (SSSR count). The number of anilines is 3. The number of nitrogens with one attached hydrogen (secondary N) is 3. The summed E-state index contributed by atoms with van der Waals surface area (Å²) in [5, 5.41) is 8.14. The van der Waals surface area contributed by atoms with Crippen LogP contribution in [0.15, 0.2) is 30.3 Å². The van der Waals surface area contributed by atoms with Gasteiger partial charge in [-0.05, 0) is 49.1 Å². The molecule has 8 heteroatoms. The van der Waals surface area contributed by atoms with Gasteiger partial charge in [-0.3, -0.25) is 10.1 Å². The SMILES string of the molecule is CCN1CCCc2cc(CNC(=O)Nc3ccc4c(n3)NC(=O)CO4)ccc21. The number of aromatic nitrogens is 1. The molecule has 0 fully saturated rings. The van der Waals surface area contributed by atoms with Gasteiger partial charge < -0.3 is 20.3 Å². The maximum atomic E-state index is 12.2. The molecular formula is C20H23N5O3. The molecule has 3 N–H and O–H groups in total. The van der Waals surface area contributed by atoms with E-state index < -0.39 is 0 Å². The van der Waals surface area contributed by atoms with Crippen molar-refractivity contribution in [3.63, 3.8) is 0 Å². The number of hydrogen-bond donors (Lipinski definition) is 3. The Bertz CT molecular complexity index is 915. The lowest BCUT2D eigenvalue weighted by atomic mass is 9.99. The molecule has 0 radical (unpaired) electrons. The van der Waals surface area contributed by atoms with E-state index in [1.165, 1.54) is 11.3 Å². The first kappa shape index (κ1) is 18.1. The fourth-order valence-electron chi connectivity index (χ4n) is 3.54. The third-order valence-corrected chi connectivity index (χ3v) is 4.91. The summed E-state index contributed by atoms with van der Waals surface area (Å²) in [7, 11) is 0. The third kappa shape index (κ3) is 3.85. The van der Waals surface area contributed by atoms with Gasteiger partial charge in [0.25, 0.3) is 5.91 Å². The molecule has 1 aromatic carbocycles. The van der Waals surface area contributed by atoms with Gasteiger partial charge in [0.2, 0.25) is 0 Å². The van der Waals surface area contributed by atoms with Crippen LogP contribution in [-0.2, 0) is 17.8 Å². The Hall–Kier alpha value is -3.29. The number of benzene rings is 1. The summed E-state index contributed by atoms with van der Waals surface area (Å²) in [6.07, 6.45) is 2.22. The highest BCUT2D eigenvalue weighted by Gasteiger charge is 2.18. The molecular weight excluding hydrogens is 358 g/mol. The number of fused-ring (bicyclic) bond motifs is 2. The van der Waals surface area contributed by atoms with Crippen molar-refractivity contribution in [3.05, 3.63) is 41.5 Å². The molecule has 0 bridgehead atoms. The predicted molar refractivity (Wildman–Crippen MR) is 107 cm³/mol. The van der Waals surface area contributed by atoms with E-state index in [2.05, 4.69) is 51.0 Å². The van der Waals surface area contributed by atoms with Crippen LogP contribution in [0.4, 0.5) is 22.1 Å². The standard InChI is InChI=1S/C20H23N5O3/c1-2-25-9-3-4-14-10-13(5-6-15(14)25)11-21-20(27)23-17-8-7-16-19(22-17)24-18(26)12-28-16/h5-8,10H,2-4,9,11-12H2,1H3,(H3,21,22,23,24,26,27). The van der Waals surface area contributed by atoms with Gasteiger partial charge in [0, 0.05) is 25.3 Å². The molecule has 1 aromatic heterocycles. The smallest absolute Gasteiger partial charge is 0.320 e. The molecule has 8 nitrogen and oxygen atoms in total. The number of nitrogens with zero attached hydrogens (tertiary/aromatic N) is 2. The van der Waals surface area contributed by atoms with Crippen molar-refractivity contribution in [3.8, 4) is 5.75 Å². The Labute approximate surface area is 163 Å². The van der Waals surface area contributed by atoms with Gasteiger partial charge in [-0.2, -0.15) is 0 Å². The van der Waals surface area contributed by atoms with E-state index >= 15 is 0 Å². The zero-order valence-electron chi connectivity index (χ0n) is 15.7. The Balaban J connectivity index is 1.36. The highest BCUT2D eigenvalue weighted by atomic mass is 16.5. The summed E-state index contributed by atoms with van der Waals surface area (Å²) in [5.74, 6) is 0.867. The van der Waals surface area contributed by atoms with Crippen LogP contribution < -0.4 is 25.6 Å². The maximum Gasteiger partial charge on any atom is 0.320 e. The van der Waals surface area contributed by atoms with Gasteiger partial charge in [0.1, 0.15) is 5.82 Å². The quantitative estimate of drug-likeness (QED) is 0.756. The van der Waals surface area contributed by atoms with Crippen molar-refractivity contribution >= 4 is 29.3 Å². The molecule has 0 spiro atoms. The minimum atomic E-state index is -0.358. The largest absolute Gasteiger partial charge is 0.480 e. The summed E-state index contributed by atoms with van der Waals surface area (Å²) in [4.78, 5) is 30.2. The second-order valence-corrected chi connectivity index (χ2v) is 6.83. The van der Waals surface area contributed by atoms with Crippen LogP contribution in [0, 0.1) is 0 Å². The van der Waals surface area contributed by atoms with Crippen molar-refractivity contribution in [2.24, 2.45) is 0 Å². The number of aryl methyl sites for hydroxylation is 1. The van der Waals surface area contributed by atoms with E-state index in [1.54, 1.807) is 12.1 Å². The van der Waals surface area contributed by atoms with E-state index in [1.807, 2.05) is 0 Å². The normalized spacial score (nSPS) is 15.0. The molecule has 0 aliphatic carbocycles. The second kappa shape index (κ2) is 7.75. The summed E-state index contributed by atoms with van der Waals surface area (Å²) in [6, 6.07) is 9.30. The molecule has 3 heterocycles. The first-order valence-corrected chi connectivity index (χ1v) is 9.47. The third-order valence-electron chi connectivity index (χ3n) is 4.91. The average Bonchev–Trinajstić information content (AvgIpc) is 2.71. The lowest BCUT2D eigenvalue weighted by molar-refractivity contribution is -0.118. The number of ether oxygens (including phenoxy) is 1. The minimum absolute atomic E-state index is 0.0290. The van der Waals surface area contributed by atoms with E-state index in [4.69, 9.17) is 4.74 Å². The van der Waals surface area contributed by atoms with Crippen LogP contribution >= 0.6 is 0 Å². The van der Waals surface area contributed by atoms with Crippen LogP contribution in [0.2, 0.25) is 0 Å². The van der Waals surface area contributed by atoms with Gasteiger partial charge >= 0.3 is 6.03 Å². The second-order valence-electron chi connectivity index (χ2n) is 6.83. The molecule has 2 aliphatic heterocycles. The number of pyridine rings is 1. The van der Waals surface area contributed by atoms with Crippen LogP contribution in [0.3, 0.4) is 0 Å². The van der Waals surface area contributed by atoms with Crippen molar-refractivity contribution in [1.82, 2.24) is 10.3 Å². The maximum absolute atomic E-state index is 12.2. The number of amides is 3.